The standard InChI is InChI=1S/C19H31O5PSi/c1-8-22-25(20,23-9-2)14-15-12-17-16(10-11-21-17)18(13-15)24-26(6,7)19(3,4)5/h10-13H,8-9,14H2,1-7H3. The topological polar surface area (TPSA) is 57.9 Å². The summed E-state index contributed by atoms with van der Waals surface area (Å²) in [7, 11) is -5.21. The van der Waals surface area contributed by atoms with Crippen LogP contribution in [0.15, 0.2) is 28.9 Å². The molecule has 0 fully saturated rings. The molecule has 0 saturated heterocycles. The second-order valence-electron chi connectivity index (χ2n) is 7.89. The van der Waals surface area contributed by atoms with E-state index in [1.807, 2.05) is 32.0 Å². The molecule has 0 aliphatic heterocycles. The molecule has 2 rings (SSSR count). The summed E-state index contributed by atoms with van der Waals surface area (Å²) in [5.74, 6) is 0.775. The van der Waals surface area contributed by atoms with Crippen molar-refractivity contribution in [3.8, 4) is 5.75 Å². The fraction of sp³-hybridized carbons (Fsp3) is 0.579. The number of hydrogen-bond donors (Lipinski definition) is 0. The van der Waals surface area contributed by atoms with Crippen LogP contribution >= 0.6 is 7.60 Å². The van der Waals surface area contributed by atoms with Gasteiger partial charge in [-0.1, -0.05) is 20.8 Å². The van der Waals surface area contributed by atoms with Gasteiger partial charge in [-0.3, -0.25) is 4.57 Å². The first kappa shape index (κ1) is 21.2. The molecule has 0 unspecified atom stereocenters. The second-order valence-corrected chi connectivity index (χ2v) is 14.7. The van der Waals surface area contributed by atoms with Gasteiger partial charge in [0.25, 0.3) is 8.32 Å². The van der Waals surface area contributed by atoms with E-state index in [1.54, 1.807) is 6.26 Å². The third-order valence-corrected chi connectivity index (χ3v) is 11.2. The minimum Gasteiger partial charge on any atom is -0.543 e. The van der Waals surface area contributed by atoms with E-state index in [-0.39, 0.29) is 11.2 Å². The van der Waals surface area contributed by atoms with Gasteiger partial charge in [-0.15, -0.1) is 0 Å². The van der Waals surface area contributed by atoms with Gasteiger partial charge in [0, 0.05) is 0 Å². The van der Waals surface area contributed by atoms with Crippen molar-refractivity contribution in [3.05, 3.63) is 30.0 Å². The van der Waals surface area contributed by atoms with Crippen LogP contribution in [0.4, 0.5) is 0 Å². The lowest BCUT2D eigenvalue weighted by Crippen LogP contribution is -2.43. The Morgan fingerprint density at radius 1 is 1.12 bits per heavy atom. The Balaban J connectivity index is 2.43. The molecule has 7 heteroatoms. The first-order chi connectivity index (χ1) is 12.0. The van der Waals surface area contributed by atoms with E-state index >= 15 is 0 Å². The zero-order valence-electron chi connectivity index (χ0n) is 16.9. The van der Waals surface area contributed by atoms with E-state index in [0.717, 1.165) is 22.3 Å². The molecule has 0 radical (unpaired) electrons. The Labute approximate surface area is 157 Å². The van der Waals surface area contributed by atoms with Crippen molar-refractivity contribution in [2.75, 3.05) is 13.2 Å². The third-order valence-electron chi connectivity index (χ3n) is 4.79. The lowest BCUT2D eigenvalue weighted by atomic mass is 10.2. The fourth-order valence-electron chi connectivity index (χ4n) is 2.44. The summed E-state index contributed by atoms with van der Waals surface area (Å²) in [6.07, 6.45) is 1.84. The van der Waals surface area contributed by atoms with Crippen LogP contribution in [0.25, 0.3) is 11.0 Å². The molecule has 0 atom stereocenters. The molecule has 26 heavy (non-hydrogen) atoms. The summed E-state index contributed by atoms with van der Waals surface area (Å²) in [5, 5.41) is 1.01. The maximum Gasteiger partial charge on any atom is 0.335 e. The second kappa shape index (κ2) is 7.89. The maximum absolute atomic E-state index is 12.9. The fourth-order valence-corrected chi connectivity index (χ4v) is 5.14. The summed E-state index contributed by atoms with van der Waals surface area (Å²) in [4.78, 5) is 0. The summed E-state index contributed by atoms with van der Waals surface area (Å²) in [6, 6.07) is 5.74. The van der Waals surface area contributed by atoms with Crippen molar-refractivity contribution in [3.63, 3.8) is 0 Å². The smallest absolute Gasteiger partial charge is 0.335 e. The summed E-state index contributed by atoms with van der Waals surface area (Å²) < 4.78 is 35.9. The van der Waals surface area contributed by atoms with Crippen molar-refractivity contribution in [1.82, 2.24) is 0 Å². The monoisotopic (exact) mass is 398 g/mol. The highest BCUT2D eigenvalue weighted by Crippen LogP contribution is 2.52. The molecule has 146 valence electrons. The van der Waals surface area contributed by atoms with Crippen LogP contribution in [0.5, 0.6) is 5.75 Å². The molecule has 0 N–H and O–H groups in total. The normalized spacial score (nSPS) is 13.3. The molecule has 0 aliphatic rings. The van der Waals surface area contributed by atoms with Crippen LogP contribution < -0.4 is 4.43 Å². The van der Waals surface area contributed by atoms with Gasteiger partial charge in [0.1, 0.15) is 11.3 Å². The van der Waals surface area contributed by atoms with Crippen LogP contribution in [-0.2, 0) is 19.8 Å². The van der Waals surface area contributed by atoms with E-state index in [0.29, 0.717) is 13.2 Å². The third kappa shape index (κ3) is 4.80. The SMILES string of the molecule is CCOP(=O)(Cc1cc(O[Si](C)(C)C(C)(C)C)c2ccoc2c1)OCC. The first-order valence-corrected chi connectivity index (χ1v) is 13.7. The maximum atomic E-state index is 12.9. The minimum absolute atomic E-state index is 0.0744. The molecule has 0 bridgehead atoms. The molecule has 1 heterocycles. The molecule has 0 amide bonds. The highest BCUT2D eigenvalue weighted by molar-refractivity contribution is 7.53. The average molecular weight is 399 g/mol. The van der Waals surface area contributed by atoms with Crippen LogP contribution in [-0.4, -0.2) is 21.5 Å². The number of rotatable bonds is 8. The van der Waals surface area contributed by atoms with Gasteiger partial charge in [0.2, 0.25) is 0 Å². The van der Waals surface area contributed by atoms with E-state index in [4.69, 9.17) is 17.9 Å². The first-order valence-electron chi connectivity index (χ1n) is 9.08. The molecular formula is C19H31O5PSi. The Bertz CT molecular complexity index is 781. The molecule has 0 aliphatic carbocycles. The zero-order chi connectivity index (χ0) is 19.6. The van der Waals surface area contributed by atoms with Gasteiger partial charge in [-0.05, 0) is 55.7 Å². The summed E-state index contributed by atoms with van der Waals surface area (Å²) in [6.45, 7) is 15.3. The molecule has 2 aromatic rings. The lowest BCUT2D eigenvalue weighted by Gasteiger charge is -2.36. The van der Waals surface area contributed by atoms with Gasteiger partial charge >= 0.3 is 7.60 Å². The molecule has 0 saturated carbocycles. The van der Waals surface area contributed by atoms with Crippen molar-refractivity contribution >= 4 is 26.9 Å². The summed E-state index contributed by atoms with van der Waals surface area (Å²) in [5.41, 5.74) is 1.54. The Hall–Kier alpha value is -1.07. The molecule has 1 aromatic heterocycles. The van der Waals surface area contributed by atoms with Gasteiger partial charge in [0.05, 0.1) is 31.0 Å². The van der Waals surface area contributed by atoms with Gasteiger partial charge in [-0.25, -0.2) is 0 Å². The van der Waals surface area contributed by atoms with Crippen LogP contribution in [0.2, 0.25) is 18.1 Å². The zero-order valence-corrected chi connectivity index (χ0v) is 18.8. The van der Waals surface area contributed by atoms with Gasteiger partial charge < -0.3 is 17.9 Å². The number of hydrogen-bond acceptors (Lipinski definition) is 5. The number of benzene rings is 1. The van der Waals surface area contributed by atoms with Crippen molar-refractivity contribution in [2.24, 2.45) is 0 Å². The number of furan rings is 1. The predicted molar refractivity (Wildman–Crippen MR) is 109 cm³/mol. The van der Waals surface area contributed by atoms with Crippen molar-refractivity contribution in [1.29, 1.82) is 0 Å². The lowest BCUT2D eigenvalue weighted by molar-refractivity contribution is 0.219. The highest BCUT2D eigenvalue weighted by atomic mass is 31.2. The molecule has 1 aromatic carbocycles. The van der Waals surface area contributed by atoms with E-state index < -0.39 is 15.9 Å². The Kier molecular flexibility index (Phi) is 6.44. The van der Waals surface area contributed by atoms with Gasteiger partial charge in [-0.2, -0.15) is 0 Å². The van der Waals surface area contributed by atoms with Crippen LogP contribution in [0.3, 0.4) is 0 Å². The quantitative estimate of drug-likeness (QED) is 0.371. The van der Waals surface area contributed by atoms with Crippen molar-refractivity contribution < 1.29 is 22.5 Å². The highest BCUT2D eigenvalue weighted by Gasteiger charge is 2.39. The Morgan fingerprint density at radius 2 is 1.73 bits per heavy atom. The van der Waals surface area contributed by atoms with Crippen LogP contribution in [0, 0.1) is 0 Å². The average Bonchev–Trinajstić information content (AvgIpc) is 2.94. The summed E-state index contributed by atoms with van der Waals surface area (Å²) >= 11 is 0. The number of fused-ring (bicyclic) bond motifs is 1. The van der Waals surface area contributed by atoms with Crippen molar-refractivity contribution in [2.45, 2.75) is 58.9 Å². The van der Waals surface area contributed by atoms with E-state index in [1.165, 1.54) is 0 Å². The van der Waals surface area contributed by atoms with E-state index in [2.05, 4.69) is 33.9 Å². The minimum atomic E-state index is -3.19. The van der Waals surface area contributed by atoms with Gasteiger partial charge in [0.15, 0.2) is 0 Å². The Morgan fingerprint density at radius 3 is 2.27 bits per heavy atom. The molecule has 5 nitrogen and oxygen atoms in total. The largest absolute Gasteiger partial charge is 0.543 e. The van der Waals surface area contributed by atoms with Crippen LogP contribution in [0.1, 0.15) is 40.2 Å². The molecule has 0 spiro atoms. The van der Waals surface area contributed by atoms with E-state index in [9.17, 15) is 4.57 Å². The predicted octanol–water partition coefficient (Wildman–Crippen LogP) is 6.58. The molecular weight excluding hydrogens is 367 g/mol.